The number of benzene rings is 1. The molecule has 0 unspecified atom stereocenters. The first-order valence-electron chi connectivity index (χ1n) is 3.35. The third-order valence-electron chi connectivity index (χ3n) is 1.47. The molecule has 0 heterocycles. The van der Waals surface area contributed by atoms with Gasteiger partial charge in [0.25, 0.3) is 0 Å². The largest absolute Gasteiger partial charge is 0.0622 e. The van der Waals surface area contributed by atoms with Crippen LogP contribution in [0.2, 0.25) is 0 Å². The summed E-state index contributed by atoms with van der Waals surface area (Å²) >= 11 is 0. The van der Waals surface area contributed by atoms with Crippen LogP contribution in [0.5, 0.6) is 0 Å². The summed E-state index contributed by atoms with van der Waals surface area (Å²) in [6.45, 7) is 4.41. The van der Waals surface area contributed by atoms with Gasteiger partial charge in [0.2, 0.25) is 0 Å². The molecule has 1 radical (unpaired) electrons. The average Bonchev–Trinajstić information content (AvgIpc) is 1.90. The molecule has 0 amide bonds. The van der Waals surface area contributed by atoms with E-state index in [1.54, 1.807) is 0 Å². The Kier molecular flexibility index (Phi) is 5.97. The standard InChI is InChI=1S/C9H12.K/c1-8(2)9-6-4-3-5-7-9;/h3-8H,1-2H3;. The molecule has 0 saturated heterocycles. The van der Waals surface area contributed by atoms with Gasteiger partial charge in [0.15, 0.2) is 0 Å². The maximum absolute atomic E-state index is 2.20. The molecule has 0 nitrogen and oxygen atoms in total. The molecule has 0 atom stereocenters. The molecule has 10 heavy (non-hydrogen) atoms. The maximum Gasteiger partial charge on any atom is 0 e. The van der Waals surface area contributed by atoms with Gasteiger partial charge in [0, 0.05) is 51.4 Å². The van der Waals surface area contributed by atoms with Crippen LogP contribution in [0, 0.1) is 0 Å². The van der Waals surface area contributed by atoms with E-state index in [1.165, 1.54) is 5.56 Å². The van der Waals surface area contributed by atoms with E-state index in [1.807, 2.05) is 6.07 Å². The van der Waals surface area contributed by atoms with Crippen molar-refractivity contribution in [3.63, 3.8) is 0 Å². The van der Waals surface area contributed by atoms with E-state index in [-0.39, 0.29) is 51.4 Å². The third-order valence-corrected chi connectivity index (χ3v) is 1.47. The smallest absolute Gasteiger partial charge is 0 e. The SMILES string of the molecule is CC(C)c1ccccc1.[K]. The molecule has 0 saturated carbocycles. The van der Waals surface area contributed by atoms with Crippen molar-refractivity contribution in [1.82, 2.24) is 0 Å². The second kappa shape index (κ2) is 5.50. The predicted octanol–water partition coefficient (Wildman–Crippen LogP) is 2.43. The second-order valence-electron chi connectivity index (χ2n) is 2.57. The van der Waals surface area contributed by atoms with Crippen LogP contribution < -0.4 is 0 Å². The van der Waals surface area contributed by atoms with Crippen molar-refractivity contribution in [2.45, 2.75) is 19.8 Å². The zero-order valence-corrected chi connectivity index (χ0v) is 10.1. The van der Waals surface area contributed by atoms with Crippen LogP contribution in [0.15, 0.2) is 30.3 Å². The van der Waals surface area contributed by atoms with Gasteiger partial charge in [-0.15, -0.1) is 0 Å². The first-order chi connectivity index (χ1) is 4.30. The first kappa shape index (κ1) is 10.9. The summed E-state index contributed by atoms with van der Waals surface area (Å²) in [5, 5.41) is 0. The maximum atomic E-state index is 2.20. The van der Waals surface area contributed by atoms with Gasteiger partial charge in [-0.1, -0.05) is 44.2 Å². The summed E-state index contributed by atoms with van der Waals surface area (Å²) in [5.74, 6) is 0.659. The molecule has 0 aliphatic rings. The topological polar surface area (TPSA) is 0 Å². The molecule has 1 aromatic carbocycles. The summed E-state index contributed by atoms with van der Waals surface area (Å²) in [4.78, 5) is 0. The van der Waals surface area contributed by atoms with Gasteiger partial charge in [-0.05, 0) is 11.5 Å². The molecule has 0 N–H and O–H groups in total. The third kappa shape index (κ3) is 3.31. The summed E-state index contributed by atoms with van der Waals surface area (Å²) < 4.78 is 0. The van der Waals surface area contributed by atoms with Crippen LogP contribution >= 0.6 is 0 Å². The molecule has 1 rings (SSSR count). The Balaban J connectivity index is 0.000000810. The Morgan fingerprint density at radius 1 is 1.00 bits per heavy atom. The van der Waals surface area contributed by atoms with Crippen molar-refractivity contribution in [1.29, 1.82) is 0 Å². The summed E-state index contributed by atoms with van der Waals surface area (Å²) in [6.07, 6.45) is 0. The molecular weight excluding hydrogens is 147 g/mol. The Hall–Kier alpha value is 0.856. The van der Waals surface area contributed by atoms with Gasteiger partial charge in [-0.2, -0.15) is 0 Å². The number of hydrogen-bond acceptors (Lipinski definition) is 0. The fraction of sp³-hybridized carbons (Fsp3) is 0.333. The van der Waals surface area contributed by atoms with Crippen LogP contribution in [0.3, 0.4) is 0 Å². The Morgan fingerprint density at radius 2 is 1.50 bits per heavy atom. The average molecular weight is 159 g/mol. The minimum absolute atomic E-state index is 0. The fourth-order valence-corrected chi connectivity index (χ4v) is 0.838. The van der Waals surface area contributed by atoms with E-state index >= 15 is 0 Å². The summed E-state index contributed by atoms with van der Waals surface area (Å²) in [7, 11) is 0. The zero-order valence-electron chi connectivity index (χ0n) is 6.96. The molecule has 0 aliphatic carbocycles. The van der Waals surface area contributed by atoms with Gasteiger partial charge < -0.3 is 0 Å². The van der Waals surface area contributed by atoms with Crippen molar-refractivity contribution in [2.75, 3.05) is 0 Å². The minimum atomic E-state index is 0. The van der Waals surface area contributed by atoms with E-state index in [0.29, 0.717) is 5.92 Å². The second-order valence-corrected chi connectivity index (χ2v) is 2.57. The Labute approximate surface area is 105 Å². The zero-order chi connectivity index (χ0) is 6.69. The van der Waals surface area contributed by atoms with Crippen LogP contribution in [0.4, 0.5) is 0 Å². The molecule has 0 aromatic heterocycles. The van der Waals surface area contributed by atoms with Crippen molar-refractivity contribution < 1.29 is 0 Å². The van der Waals surface area contributed by atoms with Crippen molar-refractivity contribution >= 4 is 51.4 Å². The van der Waals surface area contributed by atoms with Crippen molar-refractivity contribution in [2.24, 2.45) is 0 Å². The van der Waals surface area contributed by atoms with E-state index in [0.717, 1.165) is 0 Å². The molecule has 49 valence electrons. The van der Waals surface area contributed by atoms with Gasteiger partial charge in [0.1, 0.15) is 0 Å². The van der Waals surface area contributed by atoms with E-state index in [9.17, 15) is 0 Å². The van der Waals surface area contributed by atoms with Crippen molar-refractivity contribution in [3.8, 4) is 0 Å². The summed E-state index contributed by atoms with van der Waals surface area (Å²) in [5.41, 5.74) is 1.41. The van der Waals surface area contributed by atoms with Crippen LogP contribution in [0.1, 0.15) is 25.3 Å². The first-order valence-corrected chi connectivity index (χ1v) is 3.35. The minimum Gasteiger partial charge on any atom is -0.0622 e. The van der Waals surface area contributed by atoms with E-state index in [4.69, 9.17) is 0 Å². The Bertz CT molecular complexity index is 167. The predicted molar refractivity (Wildman–Crippen MR) is 46.3 cm³/mol. The molecule has 1 aromatic rings. The summed E-state index contributed by atoms with van der Waals surface area (Å²) in [6, 6.07) is 10.5. The Morgan fingerprint density at radius 3 is 1.80 bits per heavy atom. The van der Waals surface area contributed by atoms with Crippen molar-refractivity contribution in [3.05, 3.63) is 35.9 Å². The molecule has 0 fully saturated rings. The quantitative estimate of drug-likeness (QED) is 0.552. The molecule has 0 spiro atoms. The van der Waals surface area contributed by atoms with Gasteiger partial charge in [-0.3, -0.25) is 0 Å². The van der Waals surface area contributed by atoms with Gasteiger partial charge >= 0.3 is 0 Å². The van der Waals surface area contributed by atoms with E-state index in [2.05, 4.69) is 38.1 Å². The molecule has 0 aliphatic heterocycles. The van der Waals surface area contributed by atoms with Crippen LogP contribution in [-0.4, -0.2) is 51.4 Å². The fourth-order valence-electron chi connectivity index (χ4n) is 0.838. The molecular formula is C9H12K. The van der Waals surface area contributed by atoms with Gasteiger partial charge in [-0.25, -0.2) is 0 Å². The monoisotopic (exact) mass is 159 g/mol. The van der Waals surface area contributed by atoms with E-state index < -0.39 is 0 Å². The number of hydrogen-bond donors (Lipinski definition) is 0. The molecule has 0 bridgehead atoms. The molecule has 1 heteroatoms. The van der Waals surface area contributed by atoms with Crippen LogP contribution in [-0.2, 0) is 0 Å². The van der Waals surface area contributed by atoms with Gasteiger partial charge in [0.05, 0.1) is 0 Å². The van der Waals surface area contributed by atoms with Crippen LogP contribution in [0.25, 0.3) is 0 Å². The number of rotatable bonds is 1. The normalized spacial score (nSPS) is 9.10.